The zero-order valence-electron chi connectivity index (χ0n) is 15.6. The minimum absolute atomic E-state index is 0.114. The van der Waals surface area contributed by atoms with E-state index in [0.717, 1.165) is 0 Å². The highest BCUT2D eigenvalue weighted by molar-refractivity contribution is 7.94. The first kappa shape index (κ1) is 21.8. The van der Waals surface area contributed by atoms with E-state index in [0.29, 0.717) is 6.08 Å². The Hall–Kier alpha value is -2.86. The van der Waals surface area contributed by atoms with Crippen molar-refractivity contribution < 1.29 is 31.5 Å². The van der Waals surface area contributed by atoms with Gasteiger partial charge in [-0.15, -0.1) is 11.6 Å². The topological polar surface area (TPSA) is 112 Å². The number of nitrogens with zero attached hydrogens (tertiary/aromatic N) is 4. The van der Waals surface area contributed by atoms with Crippen molar-refractivity contribution >= 4 is 33.2 Å². The van der Waals surface area contributed by atoms with Crippen LogP contribution in [-0.2, 0) is 14.8 Å². The summed E-state index contributed by atoms with van der Waals surface area (Å²) in [7, 11) is -2.37. The van der Waals surface area contributed by atoms with Gasteiger partial charge < -0.3 is 9.47 Å². The molecule has 1 aromatic carbocycles. The Morgan fingerprint density at radius 1 is 1.20 bits per heavy atom. The van der Waals surface area contributed by atoms with E-state index in [1.807, 2.05) is 0 Å². The number of benzene rings is 1. The normalized spacial score (nSPS) is 17.1. The third-order valence-corrected chi connectivity index (χ3v) is 6.56. The van der Waals surface area contributed by atoms with Gasteiger partial charge in [-0.1, -0.05) is 29.8 Å². The summed E-state index contributed by atoms with van der Waals surface area (Å²) in [6, 6.07) is 3.86. The molecular weight excluding hydrogens is 446 g/mol. The second kappa shape index (κ2) is 8.11. The molecule has 2 heterocycles. The van der Waals surface area contributed by atoms with E-state index in [1.165, 1.54) is 32.4 Å². The van der Waals surface area contributed by atoms with Crippen molar-refractivity contribution in [3.63, 3.8) is 0 Å². The number of ether oxygens (including phenoxy) is 2. The average molecular weight is 461 g/mol. The minimum Gasteiger partial charge on any atom is -0.467 e. The Kier molecular flexibility index (Phi) is 5.90. The van der Waals surface area contributed by atoms with Gasteiger partial charge in [0.15, 0.2) is 11.1 Å². The van der Waals surface area contributed by atoms with Crippen LogP contribution in [0.15, 0.2) is 30.9 Å². The number of halogens is 3. The Labute approximate surface area is 175 Å². The van der Waals surface area contributed by atoms with Crippen LogP contribution in [-0.4, -0.2) is 55.2 Å². The Morgan fingerprint density at radius 2 is 1.80 bits per heavy atom. The van der Waals surface area contributed by atoms with Crippen LogP contribution in [0.25, 0.3) is 0 Å². The zero-order chi connectivity index (χ0) is 22.2. The fraction of sp³-hybridized carbons (Fsp3) is 0.294. The number of hydrogen-bond acceptors (Lipinski definition) is 8. The monoisotopic (exact) mass is 460 g/mol. The number of para-hydroxylation sites is 1. The maximum atomic E-state index is 13.4. The molecule has 1 aromatic heterocycles. The SMILES string of the molecule is C=CC(C(F)F)S(=O)(=O)N1C(=O)C(c2nc(OC)nc(OC)n2)c2cccc(Cl)c21. The van der Waals surface area contributed by atoms with Crippen LogP contribution in [0.3, 0.4) is 0 Å². The molecule has 2 atom stereocenters. The highest BCUT2D eigenvalue weighted by atomic mass is 35.5. The van der Waals surface area contributed by atoms with Gasteiger partial charge in [0.05, 0.1) is 24.9 Å². The van der Waals surface area contributed by atoms with Crippen LogP contribution in [0.4, 0.5) is 14.5 Å². The molecule has 1 amide bonds. The average Bonchev–Trinajstić information content (AvgIpc) is 3.01. The van der Waals surface area contributed by atoms with E-state index >= 15 is 0 Å². The summed E-state index contributed by atoms with van der Waals surface area (Å²) in [6.07, 6.45) is -2.76. The molecular formula is C17H15ClF2N4O5S. The fourth-order valence-electron chi connectivity index (χ4n) is 2.98. The number of aromatic nitrogens is 3. The first-order valence-electron chi connectivity index (χ1n) is 8.28. The second-order valence-corrected chi connectivity index (χ2v) is 8.31. The molecule has 9 nitrogen and oxygen atoms in total. The van der Waals surface area contributed by atoms with Crippen molar-refractivity contribution in [2.75, 3.05) is 18.5 Å². The summed E-state index contributed by atoms with van der Waals surface area (Å²) in [5, 5.41) is -2.45. The number of amides is 1. The maximum absolute atomic E-state index is 13.4. The van der Waals surface area contributed by atoms with Crippen LogP contribution in [0.1, 0.15) is 17.3 Å². The van der Waals surface area contributed by atoms with Crippen molar-refractivity contribution in [2.24, 2.45) is 0 Å². The molecule has 0 saturated carbocycles. The number of alkyl halides is 2. The first-order chi connectivity index (χ1) is 14.2. The van der Waals surface area contributed by atoms with Crippen molar-refractivity contribution in [1.82, 2.24) is 15.0 Å². The van der Waals surface area contributed by atoms with Gasteiger partial charge in [-0.3, -0.25) is 4.79 Å². The lowest BCUT2D eigenvalue weighted by Crippen LogP contribution is -2.44. The lowest BCUT2D eigenvalue weighted by Gasteiger charge is -2.23. The molecule has 13 heteroatoms. The zero-order valence-corrected chi connectivity index (χ0v) is 17.2. The second-order valence-electron chi connectivity index (χ2n) is 5.96. The standard InChI is InChI=1S/C17H15ClF2N4O5S/c1-4-10(13(19)20)30(26,27)24-12-8(6-5-7-9(12)18)11(15(24)25)14-21-16(28-2)23-17(22-14)29-3/h4-7,10-11,13H,1H2,2-3H3. The lowest BCUT2D eigenvalue weighted by molar-refractivity contribution is -0.117. The Balaban J connectivity index is 2.25. The quantitative estimate of drug-likeness (QED) is 0.578. The summed E-state index contributed by atoms with van der Waals surface area (Å²) in [5.74, 6) is -2.65. The van der Waals surface area contributed by atoms with Gasteiger partial charge in [0.2, 0.25) is 0 Å². The fourth-order valence-corrected chi connectivity index (χ4v) is 4.86. The summed E-state index contributed by atoms with van der Waals surface area (Å²) in [4.78, 5) is 25.1. The molecule has 0 spiro atoms. The van der Waals surface area contributed by atoms with Gasteiger partial charge in [0.25, 0.3) is 22.4 Å². The van der Waals surface area contributed by atoms with Crippen LogP contribution in [0, 0.1) is 0 Å². The molecule has 1 aliphatic heterocycles. The van der Waals surface area contributed by atoms with Gasteiger partial charge in [0, 0.05) is 0 Å². The van der Waals surface area contributed by atoms with Crippen LogP contribution in [0.2, 0.25) is 5.02 Å². The van der Waals surface area contributed by atoms with Gasteiger partial charge in [0.1, 0.15) is 5.92 Å². The van der Waals surface area contributed by atoms with E-state index in [9.17, 15) is 22.0 Å². The largest absolute Gasteiger partial charge is 0.467 e. The number of anilines is 1. The van der Waals surface area contributed by atoms with E-state index in [1.54, 1.807) is 0 Å². The summed E-state index contributed by atoms with van der Waals surface area (Å²) in [6.45, 7) is 3.15. The molecule has 2 unspecified atom stereocenters. The molecule has 0 saturated heterocycles. The molecule has 0 aliphatic carbocycles. The van der Waals surface area contributed by atoms with Crippen LogP contribution >= 0.6 is 11.6 Å². The lowest BCUT2D eigenvalue weighted by atomic mass is 10.00. The highest BCUT2D eigenvalue weighted by Crippen LogP contribution is 2.46. The van der Waals surface area contributed by atoms with Crippen molar-refractivity contribution in [3.8, 4) is 12.0 Å². The summed E-state index contributed by atoms with van der Waals surface area (Å²) < 4.78 is 62.8. The summed E-state index contributed by atoms with van der Waals surface area (Å²) >= 11 is 6.16. The highest BCUT2D eigenvalue weighted by Gasteiger charge is 2.50. The molecule has 2 aromatic rings. The molecule has 0 fully saturated rings. The van der Waals surface area contributed by atoms with E-state index in [4.69, 9.17) is 21.1 Å². The molecule has 0 radical (unpaired) electrons. The molecule has 1 aliphatic rings. The molecule has 160 valence electrons. The van der Waals surface area contributed by atoms with E-state index in [-0.39, 0.29) is 38.4 Å². The number of sulfonamides is 1. The molecule has 0 bridgehead atoms. The van der Waals surface area contributed by atoms with Gasteiger partial charge in [-0.25, -0.2) is 21.5 Å². The molecule has 0 N–H and O–H groups in total. The predicted octanol–water partition coefficient (Wildman–Crippen LogP) is 2.17. The number of carbonyl (C=O) groups excluding carboxylic acids is 1. The molecule has 3 rings (SSSR count). The van der Waals surface area contributed by atoms with Crippen LogP contribution in [0.5, 0.6) is 12.0 Å². The van der Waals surface area contributed by atoms with Crippen LogP contribution < -0.4 is 13.8 Å². The Morgan fingerprint density at radius 3 is 2.30 bits per heavy atom. The number of rotatable bonds is 7. The number of methoxy groups -OCH3 is 2. The van der Waals surface area contributed by atoms with Crippen molar-refractivity contribution in [1.29, 1.82) is 0 Å². The van der Waals surface area contributed by atoms with Gasteiger partial charge >= 0.3 is 12.0 Å². The van der Waals surface area contributed by atoms with Gasteiger partial charge in [-0.2, -0.15) is 9.97 Å². The predicted molar refractivity (Wildman–Crippen MR) is 103 cm³/mol. The van der Waals surface area contributed by atoms with Crippen molar-refractivity contribution in [3.05, 3.63) is 47.3 Å². The maximum Gasteiger partial charge on any atom is 0.322 e. The first-order valence-corrected chi connectivity index (χ1v) is 10.2. The third-order valence-electron chi connectivity index (χ3n) is 4.29. The molecule has 30 heavy (non-hydrogen) atoms. The van der Waals surface area contributed by atoms with E-state index in [2.05, 4.69) is 21.5 Å². The minimum atomic E-state index is -4.91. The third kappa shape index (κ3) is 3.45. The number of carbonyl (C=O) groups is 1. The summed E-state index contributed by atoms with van der Waals surface area (Å²) in [5.41, 5.74) is -0.136. The Bertz CT molecular complexity index is 1090. The van der Waals surface area contributed by atoms with Gasteiger partial charge in [-0.05, 0) is 11.6 Å². The van der Waals surface area contributed by atoms with E-state index < -0.39 is 33.5 Å². The smallest absolute Gasteiger partial charge is 0.322 e. The van der Waals surface area contributed by atoms with Crippen molar-refractivity contribution in [2.45, 2.75) is 17.6 Å². The number of hydrogen-bond donors (Lipinski definition) is 0. The number of fused-ring (bicyclic) bond motifs is 1.